The Kier molecular flexibility index (Phi) is 4.77. The van der Waals surface area contributed by atoms with Gasteiger partial charge in [0.05, 0.1) is 5.69 Å². The Hall–Kier alpha value is -2.99. The first-order valence-electron chi connectivity index (χ1n) is 4.92. The molecule has 0 aliphatic heterocycles. The van der Waals surface area contributed by atoms with Gasteiger partial charge in [-0.2, -0.15) is 10.4 Å². The van der Waals surface area contributed by atoms with Crippen molar-refractivity contribution in [2.45, 2.75) is 0 Å². The number of nitrogens with zero attached hydrogens (tertiary/aromatic N) is 2. The fraction of sp³-hybridized carbons (Fsp3) is 0.0833. The normalized spacial score (nSPS) is 10.0. The van der Waals surface area contributed by atoms with Crippen LogP contribution in [0.2, 0.25) is 0 Å². The molecule has 0 fully saturated rings. The van der Waals surface area contributed by atoms with E-state index in [4.69, 9.17) is 27.6 Å². The zero-order valence-corrected chi connectivity index (χ0v) is 9.47. The average molecular weight is 241 g/mol. The van der Waals surface area contributed by atoms with Crippen molar-refractivity contribution in [2.75, 3.05) is 12.0 Å². The van der Waals surface area contributed by atoms with E-state index in [0.29, 0.717) is 11.4 Å². The van der Waals surface area contributed by atoms with Crippen molar-refractivity contribution in [1.29, 1.82) is 10.7 Å². The Morgan fingerprint density at radius 2 is 2.39 bits per heavy atom. The number of terminal acetylenes is 1. The first-order valence-corrected chi connectivity index (χ1v) is 4.92. The van der Waals surface area contributed by atoms with Crippen molar-refractivity contribution < 1.29 is 4.74 Å². The van der Waals surface area contributed by atoms with Gasteiger partial charge in [-0.15, -0.1) is 6.42 Å². The number of ether oxygens (including phenoxy) is 1. The molecule has 0 aliphatic rings. The summed E-state index contributed by atoms with van der Waals surface area (Å²) in [7, 11) is 0. The second kappa shape index (κ2) is 6.56. The van der Waals surface area contributed by atoms with Gasteiger partial charge < -0.3 is 10.5 Å². The van der Waals surface area contributed by atoms with Crippen LogP contribution in [0.1, 0.15) is 0 Å². The van der Waals surface area contributed by atoms with Gasteiger partial charge in [0.15, 0.2) is 5.84 Å². The largest absolute Gasteiger partial charge is 0.481 e. The fourth-order valence-corrected chi connectivity index (χ4v) is 1.05. The van der Waals surface area contributed by atoms with Crippen LogP contribution in [0.15, 0.2) is 29.4 Å². The Bertz CT molecular complexity index is 550. The topological polar surface area (TPSA) is 107 Å². The molecular formula is C12H11N5O. The maximum Gasteiger partial charge on any atom is 0.201 e. The lowest BCUT2D eigenvalue weighted by molar-refractivity contribution is 0.370. The minimum atomic E-state index is -0.398. The number of benzene rings is 1. The average Bonchev–Trinajstić information content (AvgIpc) is 2.37. The van der Waals surface area contributed by atoms with Gasteiger partial charge in [-0.1, -0.05) is 12.0 Å². The van der Waals surface area contributed by atoms with E-state index in [0.717, 1.165) is 0 Å². The second-order valence-electron chi connectivity index (χ2n) is 3.12. The summed E-state index contributed by atoms with van der Waals surface area (Å²) >= 11 is 0. The second-order valence-corrected chi connectivity index (χ2v) is 3.12. The number of nitrogens with one attached hydrogen (secondary N) is 2. The summed E-state index contributed by atoms with van der Waals surface area (Å²) in [6.45, 7) is 0.170. The predicted octanol–water partition coefficient (Wildman–Crippen LogP) is 0.926. The van der Waals surface area contributed by atoms with Crippen LogP contribution in [-0.4, -0.2) is 18.2 Å². The van der Waals surface area contributed by atoms with Crippen LogP contribution >= 0.6 is 0 Å². The number of amidine groups is 1. The lowest BCUT2D eigenvalue weighted by Gasteiger charge is -2.05. The van der Waals surface area contributed by atoms with E-state index in [2.05, 4.69) is 16.4 Å². The van der Waals surface area contributed by atoms with Crippen LogP contribution in [0.4, 0.5) is 5.69 Å². The van der Waals surface area contributed by atoms with Crippen LogP contribution in [0, 0.1) is 29.1 Å². The highest BCUT2D eigenvalue weighted by molar-refractivity contribution is 6.45. The number of anilines is 1. The molecule has 6 heteroatoms. The molecule has 1 aromatic rings. The first kappa shape index (κ1) is 13.1. The zero-order chi connectivity index (χ0) is 13.4. The van der Waals surface area contributed by atoms with Gasteiger partial charge in [-0.3, -0.25) is 10.8 Å². The first-order chi connectivity index (χ1) is 8.67. The van der Waals surface area contributed by atoms with Gasteiger partial charge in [0.1, 0.15) is 18.4 Å². The van der Waals surface area contributed by atoms with E-state index < -0.39 is 5.84 Å². The summed E-state index contributed by atoms with van der Waals surface area (Å²) in [4.78, 5) is 0. The molecule has 1 aromatic carbocycles. The molecule has 0 bridgehead atoms. The molecule has 0 amide bonds. The molecule has 0 aromatic heterocycles. The number of hydrogen-bond acceptors (Lipinski definition) is 5. The monoisotopic (exact) mass is 241 g/mol. The molecule has 18 heavy (non-hydrogen) atoms. The van der Waals surface area contributed by atoms with Crippen molar-refractivity contribution >= 4 is 17.2 Å². The highest BCUT2D eigenvalue weighted by atomic mass is 16.5. The van der Waals surface area contributed by atoms with Crippen molar-refractivity contribution in [2.24, 2.45) is 10.8 Å². The molecule has 0 atom stereocenters. The number of nitriles is 1. The maximum atomic E-state index is 8.66. The summed E-state index contributed by atoms with van der Waals surface area (Å²) in [5, 5.41) is 19.4. The molecule has 0 aliphatic carbocycles. The van der Waals surface area contributed by atoms with Gasteiger partial charge in [0.2, 0.25) is 5.71 Å². The van der Waals surface area contributed by atoms with E-state index >= 15 is 0 Å². The van der Waals surface area contributed by atoms with Gasteiger partial charge >= 0.3 is 0 Å². The van der Waals surface area contributed by atoms with Gasteiger partial charge in [-0.05, 0) is 12.1 Å². The highest BCUT2D eigenvalue weighted by Crippen LogP contribution is 2.17. The number of nitrogens with two attached hydrogens (primary N) is 1. The van der Waals surface area contributed by atoms with E-state index in [1.807, 2.05) is 0 Å². The minimum absolute atomic E-state index is 0.170. The van der Waals surface area contributed by atoms with E-state index in [1.54, 1.807) is 30.3 Å². The highest BCUT2D eigenvalue weighted by Gasteiger charge is 2.01. The van der Waals surface area contributed by atoms with Crippen LogP contribution in [0.5, 0.6) is 5.75 Å². The van der Waals surface area contributed by atoms with Gasteiger partial charge in [0, 0.05) is 6.07 Å². The van der Waals surface area contributed by atoms with E-state index in [9.17, 15) is 0 Å². The van der Waals surface area contributed by atoms with Gasteiger partial charge in [-0.25, -0.2) is 0 Å². The summed E-state index contributed by atoms with van der Waals surface area (Å²) in [5.41, 5.74) is 8.16. The van der Waals surface area contributed by atoms with Crippen molar-refractivity contribution in [3.05, 3.63) is 24.3 Å². The molecule has 6 nitrogen and oxygen atoms in total. The number of hydrazone groups is 1. The van der Waals surface area contributed by atoms with Crippen LogP contribution in [0.25, 0.3) is 0 Å². The summed E-state index contributed by atoms with van der Waals surface area (Å²) in [6, 6.07) is 8.57. The van der Waals surface area contributed by atoms with E-state index in [-0.39, 0.29) is 12.3 Å². The molecular weight excluding hydrogens is 230 g/mol. The van der Waals surface area contributed by atoms with Crippen molar-refractivity contribution in [3.63, 3.8) is 0 Å². The summed E-state index contributed by atoms with van der Waals surface area (Å²) in [6.07, 6.45) is 5.08. The molecule has 0 saturated carbocycles. The van der Waals surface area contributed by atoms with Crippen LogP contribution in [-0.2, 0) is 0 Å². The summed E-state index contributed by atoms with van der Waals surface area (Å²) in [5.74, 6) is 2.53. The Morgan fingerprint density at radius 1 is 1.61 bits per heavy atom. The van der Waals surface area contributed by atoms with Crippen molar-refractivity contribution in [3.8, 4) is 24.2 Å². The quantitative estimate of drug-likeness (QED) is 0.308. The maximum absolute atomic E-state index is 8.66. The number of rotatable bonds is 5. The molecule has 0 saturated heterocycles. The smallest absolute Gasteiger partial charge is 0.201 e. The standard InChI is InChI=1S/C12H11N5O/c1-2-6-18-10-5-3-4-9(7-10)16-17-11(8-13)12(14)15/h1,3-5,7,16H,6H2,(H3,14,15)/b17-11+. The van der Waals surface area contributed by atoms with Gasteiger partial charge in [0.25, 0.3) is 0 Å². The van der Waals surface area contributed by atoms with Crippen molar-refractivity contribution in [1.82, 2.24) is 0 Å². The molecule has 0 unspecified atom stereocenters. The van der Waals surface area contributed by atoms with Crippen LogP contribution < -0.4 is 15.9 Å². The zero-order valence-electron chi connectivity index (χ0n) is 9.47. The van der Waals surface area contributed by atoms with E-state index in [1.165, 1.54) is 0 Å². The lowest BCUT2D eigenvalue weighted by atomic mass is 10.3. The molecule has 0 radical (unpaired) electrons. The fourth-order valence-electron chi connectivity index (χ4n) is 1.05. The molecule has 0 spiro atoms. The third kappa shape index (κ3) is 3.87. The molecule has 4 N–H and O–H groups in total. The molecule has 90 valence electrons. The molecule has 0 heterocycles. The predicted molar refractivity (Wildman–Crippen MR) is 69.4 cm³/mol. The SMILES string of the molecule is C#CCOc1cccc(N/N=C(\C#N)C(=N)N)c1. The molecule has 1 rings (SSSR count). The lowest BCUT2D eigenvalue weighted by Crippen LogP contribution is -2.21. The minimum Gasteiger partial charge on any atom is -0.481 e. The Balaban J connectivity index is 2.77. The number of hydrogen-bond donors (Lipinski definition) is 3. The summed E-state index contributed by atoms with van der Waals surface area (Å²) < 4.78 is 5.22. The third-order valence-corrected chi connectivity index (χ3v) is 1.81. The Labute approximate surface area is 105 Å². The third-order valence-electron chi connectivity index (χ3n) is 1.81. The van der Waals surface area contributed by atoms with Crippen LogP contribution in [0.3, 0.4) is 0 Å². The Morgan fingerprint density at radius 3 is 3.00 bits per heavy atom.